The van der Waals surface area contributed by atoms with Crippen molar-refractivity contribution in [1.82, 2.24) is 4.90 Å². The summed E-state index contributed by atoms with van der Waals surface area (Å²) in [6.07, 6.45) is 0. The van der Waals surface area contributed by atoms with Crippen molar-refractivity contribution in [3.05, 3.63) is 16.3 Å². The Morgan fingerprint density at radius 3 is 2.67 bits per heavy atom. The van der Waals surface area contributed by atoms with Gasteiger partial charge in [0.05, 0.1) is 19.3 Å². The Hall–Kier alpha value is -1.48. The fourth-order valence-corrected chi connectivity index (χ4v) is 2.54. The number of nitrogens with one attached hydrogen (secondary N) is 1. The third-order valence-corrected chi connectivity index (χ3v) is 3.70. The van der Waals surface area contributed by atoms with Gasteiger partial charge in [-0.15, -0.1) is 11.3 Å². The number of carbonyl (C=O) groups is 2. The SMILES string of the molecule is COC(=O)c1sccc1NC(=O)CN(C)CC(CO)CO. The highest BCUT2D eigenvalue weighted by atomic mass is 32.1. The molecule has 7 nitrogen and oxygen atoms in total. The minimum atomic E-state index is -0.491. The number of ether oxygens (including phenoxy) is 1. The van der Waals surface area contributed by atoms with Crippen molar-refractivity contribution in [3.8, 4) is 0 Å². The molecule has 1 aromatic rings. The number of nitrogens with zero attached hydrogens (tertiary/aromatic N) is 1. The lowest BCUT2D eigenvalue weighted by Gasteiger charge is -2.20. The van der Waals surface area contributed by atoms with Gasteiger partial charge in [0.1, 0.15) is 4.88 Å². The summed E-state index contributed by atoms with van der Waals surface area (Å²) in [5.41, 5.74) is 0.422. The van der Waals surface area contributed by atoms with Crippen LogP contribution >= 0.6 is 11.3 Å². The van der Waals surface area contributed by atoms with Crippen LogP contribution in [0.25, 0.3) is 0 Å². The summed E-state index contributed by atoms with van der Waals surface area (Å²) in [6.45, 7) is 0.208. The summed E-state index contributed by atoms with van der Waals surface area (Å²) < 4.78 is 4.63. The third kappa shape index (κ3) is 5.43. The normalized spacial score (nSPS) is 11.0. The molecular formula is C13H20N2O5S. The van der Waals surface area contributed by atoms with Crippen molar-refractivity contribution >= 4 is 28.9 Å². The van der Waals surface area contributed by atoms with Crippen LogP contribution in [0.15, 0.2) is 11.4 Å². The van der Waals surface area contributed by atoms with Crippen LogP contribution in [-0.4, -0.2) is 67.5 Å². The first kappa shape index (κ1) is 17.6. The van der Waals surface area contributed by atoms with Gasteiger partial charge in [0.2, 0.25) is 5.91 Å². The summed E-state index contributed by atoms with van der Waals surface area (Å²) in [5.74, 6) is -1.06. The monoisotopic (exact) mass is 316 g/mol. The molecule has 0 bridgehead atoms. The predicted molar refractivity (Wildman–Crippen MR) is 79.4 cm³/mol. The Kier molecular flexibility index (Phi) is 7.30. The highest BCUT2D eigenvalue weighted by molar-refractivity contribution is 7.12. The summed E-state index contributed by atoms with van der Waals surface area (Å²) in [5, 5.41) is 22.4. The minimum absolute atomic E-state index is 0.0902. The van der Waals surface area contributed by atoms with Crippen LogP contribution in [-0.2, 0) is 9.53 Å². The maximum Gasteiger partial charge on any atom is 0.350 e. The molecule has 118 valence electrons. The first-order valence-corrected chi connectivity index (χ1v) is 7.25. The van der Waals surface area contributed by atoms with Gasteiger partial charge in [0, 0.05) is 25.7 Å². The smallest absolute Gasteiger partial charge is 0.350 e. The van der Waals surface area contributed by atoms with Crippen LogP contribution in [0.4, 0.5) is 5.69 Å². The van der Waals surface area contributed by atoms with Crippen LogP contribution < -0.4 is 5.32 Å². The highest BCUT2D eigenvalue weighted by Crippen LogP contribution is 2.22. The second-order valence-corrected chi connectivity index (χ2v) is 5.55. The van der Waals surface area contributed by atoms with Crippen molar-refractivity contribution in [3.63, 3.8) is 0 Å². The quantitative estimate of drug-likeness (QED) is 0.584. The number of thiophene rings is 1. The van der Waals surface area contributed by atoms with Crippen molar-refractivity contribution in [2.24, 2.45) is 5.92 Å². The molecule has 1 aromatic heterocycles. The number of amides is 1. The summed E-state index contributed by atoms with van der Waals surface area (Å²) in [7, 11) is 3.00. The van der Waals surface area contributed by atoms with Gasteiger partial charge in [-0.05, 0) is 18.5 Å². The van der Waals surface area contributed by atoms with Crippen LogP contribution in [0, 0.1) is 5.92 Å². The number of aliphatic hydroxyl groups excluding tert-OH is 2. The Balaban J connectivity index is 2.54. The molecule has 3 N–H and O–H groups in total. The topological polar surface area (TPSA) is 99.1 Å². The number of anilines is 1. The highest BCUT2D eigenvalue weighted by Gasteiger charge is 2.17. The first-order chi connectivity index (χ1) is 10.0. The fraction of sp³-hybridized carbons (Fsp3) is 0.538. The Morgan fingerprint density at radius 2 is 2.10 bits per heavy atom. The fourth-order valence-electron chi connectivity index (χ4n) is 1.77. The number of carbonyl (C=O) groups excluding carboxylic acids is 2. The molecule has 0 saturated heterocycles. The van der Waals surface area contributed by atoms with Gasteiger partial charge in [-0.1, -0.05) is 0 Å². The molecule has 0 radical (unpaired) electrons. The minimum Gasteiger partial charge on any atom is -0.465 e. The molecule has 0 atom stereocenters. The van der Waals surface area contributed by atoms with Gasteiger partial charge < -0.3 is 20.3 Å². The third-order valence-electron chi connectivity index (χ3n) is 2.81. The number of aliphatic hydroxyl groups is 2. The van der Waals surface area contributed by atoms with E-state index in [4.69, 9.17) is 10.2 Å². The summed E-state index contributed by atoms with van der Waals surface area (Å²) in [6, 6.07) is 1.64. The Morgan fingerprint density at radius 1 is 1.43 bits per heavy atom. The molecule has 21 heavy (non-hydrogen) atoms. The van der Waals surface area contributed by atoms with Crippen molar-refractivity contribution in [1.29, 1.82) is 0 Å². The maximum absolute atomic E-state index is 11.9. The zero-order valence-corrected chi connectivity index (χ0v) is 12.9. The number of esters is 1. The number of hydrogen-bond donors (Lipinski definition) is 3. The molecule has 1 rings (SSSR count). The van der Waals surface area contributed by atoms with E-state index in [-0.39, 0.29) is 31.6 Å². The lowest BCUT2D eigenvalue weighted by Crippen LogP contribution is -2.35. The Labute approximate surface area is 127 Å². The molecular weight excluding hydrogens is 296 g/mol. The average molecular weight is 316 g/mol. The molecule has 1 heterocycles. The molecule has 0 aliphatic heterocycles. The van der Waals surface area contributed by atoms with E-state index in [9.17, 15) is 9.59 Å². The second kappa shape index (κ2) is 8.73. The molecule has 8 heteroatoms. The van der Waals surface area contributed by atoms with Crippen molar-refractivity contribution < 1.29 is 24.5 Å². The van der Waals surface area contributed by atoms with E-state index >= 15 is 0 Å². The van der Waals surface area contributed by atoms with Gasteiger partial charge in [-0.3, -0.25) is 9.69 Å². The standard InChI is InChI=1S/C13H20N2O5S/c1-15(5-9(7-16)8-17)6-11(18)14-10-3-4-21-12(10)13(19)20-2/h3-4,9,16-17H,5-8H2,1-2H3,(H,14,18). The lowest BCUT2D eigenvalue weighted by atomic mass is 10.1. The molecule has 1 amide bonds. The van der Waals surface area contributed by atoms with E-state index in [2.05, 4.69) is 10.1 Å². The van der Waals surface area contributed by atoms with Crippen LogP contribution in [0.3, 0.4) is 0 Å². The summed E-state index contributed by atoms with van der Waals surface area (Å²) >= 11 is 1.19. The van der Waals surface area contributed by atoms with E-state index < -0.39 is 5.97 Å². The molecule has 0 spiro atoms. The zero-order chi connectivity index (χ0) is 15.8. The summed E-state index contributed by atoms with van der Waals surface area (Å²) in [4.78, 5) is 25.4. The van der Waals surface area contributed by atoms with Crippen molar-refractivity contribution in [2.45, 2.75) is 0 Å². The van der Waals surface area contributed by atoms with E-state index in [1.165, 1.54) is 18.4 Å². The molecule has 0 aliphatic carbocycles. The molecule has 0 aliphatic rings. The molecule has 0 aromatic carbocycles. The van der Waals surface area contributed by atoms with E-state index in [0.29, 0.717) is 17.1 Å². The Bertz CT molecular complexity index is 473. The van der Waals surface area contributed by atoms with E-state index in [0.717, 1.165) is 0 Å². The van der Waals surface area contributed by atoms with Gasteiger partial charge in [-0.2, -0.15) is 0 Å². The van der Waals surface area contributed by atoms with Gasteiger partial charge >= 0.3 is 5.97 Å². The number of hydrogen-bond acceptors (Lipinski definition) is 7. The van der Waals surface area contributed by atoms with Crippen LogP contribution in [0.1, 0.15) is 9.67 Å². The largest absolute Gasteiger partial charge is 0.465 e. The average Bonchev–Trinajstić information content (AvgIpc) is 2.91. The first-order valence-electron chi connectivity index (χ1n) is 6.37. The van der Waals surface area contributed by atoms with E-state index in [1.807, 2.05) is 0 Å². The van der Waals surface area contributed by atoms with Crippen LogP contribution in [0.2, 0.25) is 0 Å². The number of likely N-dealkylation sites (N-methyl/N-ethyl adjacent to an activating group) is 1. The molecule has 0 saturated carbocycles. The van der Waals surface area contributed by atoms with Crippen molar-refractivity contribution in [2.75, 3.05) is 45.8 Å². The van der Waals surface area contributed by atoms with Gasteiger partial charge in [0.25, 0.3) is 0 Å². The second-order valence-electron chi connectivity index (χ2n) is 4.63. The van der Waals surface area contributed by atoms with Crippen LogP contribution in [0.5, 0.6) is 0 Å². The number of rotatable bonds is 8. The lowest BCUT2D eigenvalue weighted by molar-refractivity contribution is -0.117. The predicted octanol–water partition coefficient (Wildman–Crippen LogP) is 0.00580. The zero-order valence-electron chi connectivity index (χ0n) is 12.0. The van der Waals surface area contributed by atoms with Gasteiger partial charge in [-0.25, -0.2) is 4.79 Å². The number of methoxy groups -OCH3 is 1. The van der Waals surface area contributed by atoms with Gasteiger partial charge in [0.15, 0.2) is 0 Å². The molecule has 0 unspecified atom stereocenters. The van der Waals surface area contributed by atoms with E-state index in [1.54, 1.807) is 23.4 Å². The maximum atomic E-state index is 11.9. The molecule has 0 fully saturated rings.